The smallest absolute Gasteiger partial charge is 0.330 e. The van der Waals surface area contributed by atoms with Crippen molar-refractivity contribution in [1.29, 1.82) is 0 Å². The van der Waals surface area contributed by atoms with Crippen LogP contribution in [0.4, 0.5) is 4.79 Å². The maximum atomic E-state index is 12.3. The van der Waals surface area contributed by atoms with E-state index in [2.05, 4.69) is 5.32 Å². The number of rotatable bonds is 2. The van der Waals surface area contributed by atoms with Crippen LogP contribution >= 0.6 is 0 Å². The van der Waals surface area contributed by atoms with Gasteiger partial charge in [0.05, 0.1) is 0 Å². The van der Waals surface area contributed by atoms with E-state index in [1.807, 2.05) is 0 Å². The van der Waals surface area contributed by atoms with Crippen LogP contribution in [0.1, 0.15) is 34.1 Å². The molecule has 1 saturated heterocycles. The molecule has 1 aliphatic rings. The zero-order valence-electron chi connectivity index (χ0n) is 10.7. The Morgan fingerprint density at radius 3 is 2.24 bits per heavy atom. The highest BCUT2D eigenvalue weighted by molar-refractivity contribution is 6.19. The van der Waals surface area contributed by atoms with Crippen molar-refractivity contribution in [2.24, 2.45) is 11.1 Å². The maximum absolute atomic E-state index is 12.3. The third-order valence-corrected chi connectivity index (χ3v) is 2.91. The number of imide groups is 2. The summed E-state index contributed by atoms with van der Waals surface area (Å²) >= 11 is 0. The number of hydrogen-bond donors (Lipinski definition) is 2. The Bertz CT molecular complexity index is 373. The molecule has 96 valence electrons. The molecule has 0 radical (unpaired) electrons. The summed E-state index contributed by atoms with van der Waals surface area (Å²) in [6, 6.07) is -0.665. The zero-order valence-corrected chi connectivity index (χ0v) is 10.7. The minimum absolute atomic E-state index is 0.210. The predicted octanol–water partition coefficient (Wildman–Crippen LogP) is 0.218. The molecule has 1 atom stereocenters. The van der Waals surface area contributed by atoms with Crippen LogP contribution in [0.2, 0.25) is 0 Å². The number of carbonyl (C=O) groups is 3. The molecule has 1 fully saturated rings. The first-order valence-corrected chi connectivity index (χ1v) is 5.54. The molecular formula is C11H19N3O3. The van der Waals surface area contributed by atoms with E-state index in [-0.39, 0.29) is 13.0 Å². The summed E-state index contributed by atoms with van der Waals surface area (Å²) in [5, 5.41) is 2.21. The van der Waals surface area contributed by atoms with Gasteiger partial charge in [-0.3, -0.25) is 19.8 Å². The quantitative estimate of drug-likeness (QED) is 0.676. The Hall–Kier alpha value is -1.43. The van der Waals surface area contributed by atoms with E-state index in [9.17, 15) is 14.4 Å². The van der Waals surface area contributed by atoms with Crippen molar-refractivity contribution in [3.8, 4) is 0 Å². The lowest BCUT2D eigenvalue weighted by Gasteiger charge is -2.43. The molecule has 1 heterocycles. The predicted molar refractivity (Wildman–Crippen MR) is 61.9 cm³/mol. The van der Waals surface area contributed by atoms with Crippen LogP contribution in [0.15, 0.2) is 0 Å². The van der Waals surface area contributed by atoms with Gasteiger partial charge in [-0.05, 0) is 40.7 Å². The summed E-state index contributed by atoms with van der Waals surface area (Å²) < 4.78 is 0. The fourth-order valence-corrected chi connectivity index (χ4v) is 1.85. The number of carbonyl (C=O) groups excluding carboxylic acids is 3. The second-order valence-electron chi connectivity index (χ2n) is 5.44. The molecule has 6 heteroatoms. The molecule has 17 heavy (non-hydrogen) atoms. The molecule has 0 spiro atoms. The van der Waals surface area contributed by atoms with Gasteiger partial charge in [0.15, 0.2) is 0 Å². The maximum Gasteiger partial charge on any atom is 0.331 e. The van der Waals surface area contributed by atoms with Gasteiger partial charge >= 0.3 is 6.03 Å². The lowest BCUT2D eigenvalue weighted by atomic mass is 9.81. The summed E-state index contributed by atoms with van der Waals surface area (Å²) in [7, 11) is 0. The molecule has 0 aliphatic carbocycles. The van der Waals surface area contributed by atoms with E-state index in [1.165, 1.54) is 6.92 Å². The molecule has 1 unspecified atom stereocenters. The van der Waals surface area contributed by atoms with Gasteiger partial charge in [-0.25, -0.2) is 4.79 Å². The van der Waals surface area contributed by atoms with Gasteiger partial charge in [0, 0.05) is 5.54 Å². The Labute approximate surface area is 101 Å². The van der Waals surface area contributed by atoms with Crippen LogP contribution in [-0.2, 0) is 9.59 Å². The van der Waals surface area contributed by atoms with Crippen molar-refractivity contribution >= 4 is 17.8 Å². The van der Waals surface area contributed by atoms with E-state index in [4.69, 9.17) is 5.73 Å². The van der Waals surface area contributed by atoms with Crippen LogP contribution < -0.4 is 11.1 Å². The van der Waals surface area contributed by atoms with E-state index >= 15 is 0 Å². The molecule has 0 aromatic rings. The summed E-state index contributed by atoms with van der Waals surface area (Å²) in [5.41, 5.74) is 3.50. The van der Waals surface area contributed by atoms with Gasteiger partial charge in [0.25, 0.3) is 0 Å². The first-order chi connectivity index (χ1) is 7.64. The van der Waals surface area contributed by atoms with Crippen molar-refractivity contribution < 1.29 is 14.4 Å². The summed E-state index contributed by atoms with van der Waals surface area (Å²) in [6.45, 7) is 6.94. The monoisotopic (exact) mass is 241 g/mol. The van der Waals surface area contributed by atoms with E-state index in [0.717, 1.165) is 4.90 Å². The number of nitrogens with two attached hydrogens (primary N) is 1. The summed E-state index contributed by atoms with van der Waals surface area (Å²) in [5.74, 6) is -1.05. The minimum atomic E-state index is -1.25. The SMILES string of the molecule is CC1(CCN)C(=O)NC(=O)N(C(C)(C)C)C1=O. The largest absolute Gasteiger partial charge is 0.331 e. The summed E-state index contributed by atoms with van der Waals surface area (Å²) in [6.07, 6.45) is 0.220. The van der Waals surface area contributed by atoms with Crippen LogP contribution in [-0.4, -0.2) is 34.8 Å². The van der Waals surface area contributed by atoms with Crippen LogP contribution in [0.25, 0.3) is 0 Å². The molecule has 6 nitrogen and oxygen atoms in total. The average molecular weight is 241 g/mol. The Balaban J connectivity index is 3.17. The molecular weight excluding hydrogens is 222 g/mol. The highest BCUT2D eigenvalue weighted by Gasteiger charge is 2.52. The van der Waals surface area contributed by atoms with Crippen molar-refractivity contribution in [2.75, 3.05) is 6.54 Å². The molecule has 1 rings (SSSR count). The number of nitrogens with one attached hydrogen (secondary N) is 1. The molecule has 0 aromatic carbocycles. The average Bonchev–Trinajstić information content (AvgIpc) is 2.13. The lowest BCUT2D eigenvalue weighted by molar-refractivity contribution is -0.153. The second kappa shape index (κ2) is 4.10. The molecule has 4 amide bonds. The first-order valence-electron chi connectivity index (χ1n) is 5.54. The number of nitrogens with zero attached hydrogens (tertiary/aromatic N) is 1. The van der Waals surface area contributed by atoms with Gasteiger partial charge in [-0.15, -0.1) is 0 Å². The molecule has 1 aliphatic heterocycles. The Morgan fingerprint density at radius 2 is 1.82 bits per heavy atom. The third kappa shape index (κ3) is 2.17. The molecule has 3 N–H and O–H groups in total. The highest BCUT2D eigenvalue weighted by atomic mass is 16.2. The van der Waals surface area contributed by atoms with Gasteiger partial charge < -0.3 is 5.73 Å². The van der Waals surface area contributed by atoms with E-state index in [1.54, 1.807) is 20.8 Å². The van der Waals surface area contributed by atoms with Gasteiger partial charge in [-0.1, -0.05) is 0 Å². The number of barbiturate groups is 1. The van der Waals surface area contributed by atoms with Crippen LogP contribution in [0, 0.1) is 5.41 Å². The van der Waals surface area contributed by atoms with E-state index in [0.29, 0.717) is 0 Å². The standard InChI is InChI=1S/C11H19N3O3/c1-10(2,3)14-8(16)11(4,5-6-12)7(15)13-9(14)17/h5-6,12H2,1-4H3,(H,13,15,17). The fourth-order valence-electron chi connectivity index (χ4n) is 1.85. The second-order valence-corrected chi connectivity index (χ2v) is 5.44. The normalized spacial score (nSPS) is 26.2. The first kappa shape index (κ1) is 13.6. The van der Waals surface area contributed by atoms with Crippen LogP contribution in [0.3, 0.4) is 0 Å². The van der Waals surface area contributed by atoms with Crippen molar-refractivity contribution in [2.45, 2.75) is 39.7 Å². The van der Waals surface area contributed by atoms with Crippen molar-refractivity contribution in [3.05, 3.63) is 0 Å². The number of amides is 4. The fraction of sp³-hybridized carbons (Fsp3) is 0.727. The minimum Gasteiger partial charge on any atom is -0.330 e. The summed E-state index contributed by atoms with van der Waals surface area (Å²) in [4.78, 5) is 36.8. The highest BCUT2D eigenvalue weighted by Crippen LogP contribution is 2.31. The van der Waals surface area contributed by atoms with Crippen LogP contribution in [0.5, 0.6) is 0 Å². The van der Waals surface area contributed by atoms with Gasteiger partial charge in [-0.2, -0.15) is 0 Å². The zero-order chi connectivity index (χ0) is 13.4. The van der Waals surface area contributed by atoms with Gasteiger partial charge in [0.1, 0.15) is 5.41 Å². The molecule has 0 bridgehead atoms. The lowest BCUT2D eigenvalue weighted by Crippen LogP contribution is -2.67. The topological polar surface area (TPSA) is 92.5 Å². The number of urea groups is 1. The Kier molecular flexibility index (Phi) is 3.29. The van der Waals surface area contributed by atoms with E-state index < -0.39 is 28.8 Å². The molecule has 0 saturated carbocycles. The molecule has 0 aromatic heterocycles. The van der Waals surface area contributed by atoms with Crippen molar-refractivity contribution in [1.82, 2.24) is 10.2 Å². The van der Waals surface area contributed by atoms with Crippen molar-refractivity contribution in [3.63, 3.8) is 0 Å². The third-order valence-electron chi connectivity index (χ3n) is 2.91. The Morgan fingerprint density at radius 1 is 1.29 bits per heavy atom. The van der Waals surface area contributed by atoms with Gasteiger partial charge in [0.2, 0.25) is 11.8 Å². The number of hydrogen-bond acceptors (Lipinski definition) is 4.